The first-order chi connectivity index (χ1) is 12.7. The second-order valence-corrected chi connectivity index (χ2v) is 8.33. The van der Waals surface area contributed by atoms with Crippen LogP contribution in [0.25, 0.3) is 0 Å². The molecule has 0 radical (unpaired) electrons. The summed E-state index contributed by atoms with van der Waals surface area (Å²) in [6.07, 6.45) is 0.807. The van der Waals surface area contributed by atoms with Gasteiger partial charge in [0.15, 0.2) is 0 Å². The molecule has 0 aliphatic rings. The number of carboxylic acids is 2. The van der Waals surface area contributed by atoms with E-state index in [0.29, 0.717) is 12.8 Å². The minimum Gasteiger partial charge on any atom is -0.548 e. The molecule has 0 fully saturated rings. The van der Waals surface area contributed by atoms with Crippen LogP contribution in [0.4, 0.5) is 0 Å². The first-order valence-electron chi connectivity index (χ1n) is 9.71. The van der Waals surface area contributed by atoms with Crippen LogP contribution in [-0.4, -0.2) is 35.8 Å². The van der Waals surface area contributed by atoms with Crippen molar-refractivity contribution in [2.24, 2.45) is 23.7 Å². The molecule has 29 heavy (non-hydrogen) atoms. The Bertz CT molecular complexity index is 475. The molecule has 0 unspecified atom stereocenters. The number of amides is 2. The summed E-state index contributed by atoms with van der Waals surface area (Å²) in [4.78, 5) is 43.8. The van der Waals surface area contributed by atoms with Gasteiger partial charge in [-0.15, -0.1) is 0 Å². The molecule has 0 saturated heterocycles. The van der Waals surface area contributed by atoms with Gasteiger partial charge >= 0.3 is 19.5 Å². The number of aliphatic carboxylic acids is 2. The summed E-state index contributed by atoms with van der Waals surface area (Å²) in [6, 6.07) is -1.74. The van der Waals surface area contributed by atoms with Crippen LogP contribution >= 0.6 is 0 Å². The number of carbonyl (C=O) groups excluding carboxylic acids is 4. The van der Waals surface area contributed by atoms with Gasteiger partial charge in [0.2, 0.25) is 11.8 Å². The molecule has 2 atom stereocenters. The molecule has 0 bridgehead atoms. The summed E-state index contributed by atoms with van der Waals surface area (Å²) in [5.41, 5.74) is 0. The third-order valence-electron chi connectivity index (χ3n) is 3.66. The predicted octanol–water partition coefficient (Wildman–Crippen LogP) is -0.156. The van der Waals surface area contributed by atoms with Gasteiger partial charge in [-0.1, -0.05) is 55.4 Å². The van der Waals surface area contributed by atoms with Crippen molar-refractivity contribution < 1.29 is 48.9 Å². The average Bonchev–Trinajstić information content (AvgIpc) is 2.52. The van der Waals surface area contributed by atoms with E-state index in [0.717, 1.165) is 0 Å². The molecular formula is C20H36N2O6Zn. The van der Waals surface area contributed by atoms with E-state index in [1.165, 1.54) is 0 Å². The minimum absolute atomic E-state index is 0. The zero-order valence-electron chi connectivity index (χ0n) is 19.0. The molecule has 8 nitrogen and oxygen atoms in total. The first-order valence-corrected chi connectivity index (χ1v) is 9.71. The van der Waals surface area contributed by atoms with Crippen LogP contribution < -0.4 is 20.8 Å². The summed E-state index contributed by atoms with van der Waals surface area (Å²) in [5, 5.41) is 26.2. The van der Waals surface area contributed by atoms with Crippen LogP contribution in [-0.2, 0) is 38.7 Å². The minimum atomic E-state index is -1.22. The summed E-state index contributed by atoms with van der Waals surface area (Å²) >= 11 is 0. The maximum absolute atomic E-state index is 11.2. The third kappa shape index (κ3) is 17.1. The van der Waals surface area contributed by atoms with Crippen molar-refractivity contribution in [1.29, 1.82) is 0 Å². The molecule has 0 spiro atoms. The molecular weight excluding hydrogens is 430 g/mol. The fourth-order valence-electron chi connectivity index (χ4n) is 2.05. The van der Waals surface area contributed by atoms with Crippen LogP contribution in [0.1, 0.15) is 68.2 Å². The van der Waals surface area contributed by atoms with Crippen molar-refractivity contribution in [3.05, 3.63) is 0 Å². The van der Waals surface area contributed by atoms with Crippen LogP contribution in [0.15, 0.2) is 0 Å². The zero-order valence-corrected chi connectivity index (χ0v) is 22.0. The molecule has 0 rings (SSSR count). The smallest absolute Gasteiger partial charge is 0.548 e. The Morgan fingerprint density at radius 2 is 0.862 bits per heavy atom. The quantitative estimate of drug-likeness (QED) is 0.430. The number of nitrogens with one attached hydrogen (secondary N) is 2. The van der Waals surface area contributed by atoms with E-state index in [9.17, 15) is 29.4 Å². The third-order valence-corrected chi connectivity index (χ3v) is 3.66. The van der Waals surface area contributed by atoms with Crippen LogP contribution in [0, 0.1) is 23.7 Å². The summed E-state index contributed by atoms with van der Waals surface area (Å²) in [6.45, 7) is 14.5. The largest absolute Gasteiger partial charge is 2.00 e. The number of carboxylic acid groups (broad SMARTS) is 2. The topological polar surface area (TPSA) is 138 Å². The van der Waals surface area contributed by atoms with Gasteiger partial charge in [-0.2, -0.15) is 0 Å². The molecule has 164 valence electrons. The van der Waals surface area contributed by atoms with Crippen molar-refractivity contribution >= 4 is 23.8 Å². The standard InChI is InChI=1S/2C10H19NO3.Zn/c2*1-6(2)5-8(10(13)14)11-9(12)7(3)4;/h2*6-8H,5H2,1-4H3,(H,11,12)(H,13,14);/q;;+2/p-2/t2*8-;/m00./s1. The maximum atomic E-state index is 11.2. The molecule has 0 aromatic carbocycles. The molecule has 2 amide bonds. The van der Waals surface area contributed by atoms with Gasteiger partial charge in [-0.05, 0) is 24.7 Å². The zero-order chi connectivity index (χ0) is 22.6. The van der Waals surface area contributed by atoms with Gasteiger partial charge < -0.3 is 30.4 Å². The molecule has 9 heteroatoms. The molecule has 0 saturated carbocycles. The van der Waals surface area contributed by atoms with Crippen molar-refractivity contribution in [1.82, 2.24) is 10.6 Å². The SMILES string of the molecule is CC(C)C[C@H](NC(=O)C(C)C)C(=O)[O-].CC(C)C[C@H](NC(=O)C(C)C)C(=O)[O-].[Zn+2]. The summed E-state index contributed by atoms with van der Waals surface area (Å²) in [5.74, 6) is -2.91. The van der Waals surface area contributed by atoms with E-state index in [1.807, 2.05) is 27.7 Å². The fraction of sp³-hybridized carbons (Fsp3) is 0.800. The van der Waals surface area contributed by atoms with Gasteiger partial charge in [-0.3, -0.25) is 9.59 Å². The van der Waals surface area contributed by atoms with Crippen molar-refractivity contribution in [2.45, 2.75) is 80.3 Å². The van der Waals surface area contributed by atoms with E-state index in [4.69, 9.17) is 0 Å². The second-order valence-electron chi connectivity index (χ2n) is 8.33. The number of hydrogen-bond acceptors (Lipinski definition) is 6. The van der Waals surface area contributed by atoms with Crippen molar-refractivity contribution in [3.8, 4) is 0 Å². The molecule has 0 aromatic rings. The molecule has 0 aliphatic heterocycles. The van der Waals surface area contributed by atoms with Crippen LogP contribution in [0.3, 0.4) is 0 Å². The van der Waals surface area contributed by atoms with E-state index in [1.54, 1.807) is 27.7 Å². The summed E-state index contributed by atoms with van der Waals surface area (Å²) in [7, 11) is 0. The number of rotatable bonds is 10. The van der Waals surface area contributed by atoms with Crippen LogP contribution in [0.2, 0.25) is 0 Å². The van der Waals surface area contributed by atoms with Gasteiger partial charge in [-0.25, -0.2) is 0 Å². The Hall–Kier alpha value is -1.50. The van der Waals surface area contributed by atoms with Gasteiger partial charge in [0.05, 0.1) is 24.0 Å². The second kappa shape index (κ2) is 16.3. The first kappa shape index (κ1) is 32.2. The van der Waals surface area contributed by atoms with Crippen LogP contribution in [0.5, 0.6) is 0 Å². The number of carbonyl (C=O) groups is 4. The predicted molar refractivity (Wildman–Crippen MR) is 102 cm³/mol. The summed E-state index contributed by atoms with van der Waals surface area (Å²) < 4.78 is 0. The average molecular weight is 466 g/mol. The maximum Gasteiger partial charge on any atom is 2.00 e. The Morgan fingerprint density at radius 1 is 0.621 bits per heavy atom. The Kier molecular flexibility index (Phi) is 18.1. The Morgan fingerprint density at radius 3 is 1.00 bits per heavy atom. The fourth-order valence-corrected chi connectivity index (χ4v) is 2.05. The van der Waals surface area contributed by atoms with Crippen molar-refractivity contribution in [2.75, 3.05) is 0 Å². The molecule has 0 aliphatic carbocycles. The molecule has 2 N–H and O–H groups in total. The van der Waals surface area contributed by atoms with E-state index < -0.39 is 24.0 Å². The Balaban J connectivity index is -0.000000451. The Labute approximate surface area is 187 Å². The monoisotopic (exact) mass is 464 g/mol. The van der Waals surface area contributed by atoms with Gasteiger partial charge in [0.1, 0.15) is 0 Å². The normalized spacial score (nSPS) is 12.6. The van der Waals surface area contributed by atoms with E-state index in [2.05, 4.69) is 10.6 Å². The van der Waals surface area contributed by atoms with E-state index in [-0.39, 0.29) is 55.0 Å². The van der Waals surface area contributed by atoms with E-state index >= 15 is 0 Å². The number of hydrogen-bond donors (Lipinski definition) is 2. The molecule has 0 aromatic heterocycles. The van der Waals surface area contributed by atoms with Gasteiger partial charge in [0, 0.05) is 11.8 Å². The molecule has 0 heterocycles. The van der Waals surface area contributed by atoms with Crippen molar-refractivity contribution in [3.63, 3.8) is 0 Å². The van der Waals surface area contributed by atoms with Gasteiger partial charge in [0.25, 0.3) is 0 Å².